The lowest BCUT2D eigenvalue weighted by molar-refractivity contribution is -0.132. The summed E-state index contributed by atoms with van der Waals surface area (Å²) in [5.41, 5.74) is 9.49. The second-order valence-electron chi connectivity index (χ2n) is 19.7. The zero-order valence-electron chi connectivity index (χ0n) is 41.8. The molecule has 9 aromatic rings. The highest BCUT2D eigenvalue weighted by molar-refractivity contribution is 6.05. The average molecular weight is 993 g/mol. The van der Waals surface area contributed by atoms with Crippen LogP contribution in [-0.2, 0) is 9.59 Å². The third-order valence-corrected chi connectivity index (χ3v) is 15.1. The van der Waals surface area contributed by atoms with E-state index in [0.29, 0.717) is 24.2 Å². The number of benzene rings is 5. The molecule has 374 valence electrons. The Morgan fingerprint density at radius 3 is 1.36 bits per heavy atom. The average Bonchev–Trinajstić information content (AvgIpc) is 3.97. The van der Waals surface area contributed by atoms with Crippen molar-refractivity contribution in [2.24, 2.45) is 5.41 Å². The number of anilines is 6. The molecule has 4 aromatic heterocycles. The standard InChI is InChI=1S/C59H56N14O2/c1-40-4-6-43(7-5-40)56(57(74)66-46-14-8-41(9-15-46)44-12-18-48-50(34-44)68-54(38-64-48)72-30-26-70(27-31-72)52-36-60-22-24-62-52)59(20-2-3-21-59)58(75)67-47-16-10-42(11-17-47)45-13-19-49-51(35-45)69-55(39-65-49)73-32-28-71(29-33-73)53-37-61-23-25-63-53/h4-19,22-25,34-39,56H,2-3,20-21,26-33H2,1H3,(H,66,74)(H,67,75). The zero-order valence-corrected chi connectivity index (χ0v) is 41.8. The van der Waals surface area contributed by atoms with Crippen LogP contribution in [0.1, 0.15) is 42.7 Å². The number of nitrogens with zero attached hydrogens (tertiary/aromatic N) is 12. The number of aryl methyl sites for hydroxylation is 1. The Hall–Kier alpha value is -8.92. The first-order valence-electron chi connectivity index (χ1n) is 25.8. The molecule has 6 heterocycles. The summed E-state index contributed by atoms with van der Waals surface area (Å²) in [5.74, 6) is 2.36. The third-order valence-electron chi connectivity index (χ3n) is 15.1. The normalized spacial score (nSPS) is 16.0. The number of carbonyl (C=O) groups is 2. The van der Waals surface area contributed by atoms with Crippen LogP contribution >= 0.6 is 0 Å². The van der Waals surface area contributed by atoms with Crippen LogP contribution in [0.3, 0.4) is 0 Å². The molecule has 2 N–H and O–H groups in total. The van der Waals surface area contributed by atoms with Gasteiger partial charge in [0.25, 0.3) is 0 Å². The molecule has 0 radical (unpaired) electrons. The summed E-state index contributed by atoms with van der Waals surface area (Å²) in [6.45, 7) is 8.49. The number of hydrogen-bond donors (Lipinski definition) is 2. The van der Waals surface area contributed by atoms with Gasteiger partial charge in [-0.05, 0) is 96.1 Å². The lowest BCUT2D eigenvalue weighted by Gasteiger charge is -2.36. The van der Waals surface area contributed by atoms with Gasteiger partial charge in [0.15, 0.2) is 0 Å². The van der Waals surface area contributed by atoms with Crippen LogP contribution in [0, 0.1) is 12.3 Å². The number of carbonyl (C=O) groups excluding carboxylic acids is 2. The van der Waals surface area contributed by atoms with E-state index < -0.39 is 11.3 Å². The van der Waals surface area contributed by atoms with Crippen LogP contribution in [-0.4, -0.2) is 104 Å². The molecule has 1 aliphatic carbocycles. The predicted octanol–water partition coefficient (Wildman–Crippen LogP) is 9.37. The van der Waals surface area contributed by atoms with E-state index in [1.54, 1.807) is 37.2 Å². The molecule has 1 saturated carbocycles. The second kappa shape index (κ2) is 20.5. The zero-order chi connectivity index (χ0) is 50.7. The lowest BCUT2D eigenvalue weighted by atomic mass is 9.69. The summed E-state index contributed by atoms with van der Waals surface area (Å²) in [6, 6.07) is 36.1. The van der Waals surface area contributed by atoms with Gasteiger partial charge in [0.05, 0.1) is 58.2 Å². The molecule has 0 spiro atoms. The number of aromatic nitrogens is 8. The van der Waals surface area contributed by atoms with Crippen LogP contribution in [0.4, 0.5) is 34.6 Å². The van der Waals surface area contributed by atoms with Crippen LogP contribution in [0.2, 0.25) is 0 Å². The quantitative estimate of drug-likeness (QED) is 0.118. The molecule has 1 atom stereocenters. The number of piperazine rings is 2. The van der Waals surface area contributed by atoms with Crippen molar-refractivity contribution in [1.29, 1.82) is 0 Å². The van der Waals surface area contributed by atoms with Crippen molar-refractivity contribution in [2.45, 2.75) is 38.5 Å². The van der Waals surface area contributed by atoms with E-state index in [2.05, 4.69) is 68.4 Å². The molecule has 5 aromatic carbocycles. The molecule has 2 saturated heterocycles. The highest BCUT2D eigenvalue weighted by Crippen LogP contribution is 2.50. The molecule has 16 nitrogen and oxygen atoms in total. The van der Waals surface area contributed by atoms with E-state index in [0.717, 1.165) is 144 Å². The first-order valence-corrected chi connectivity index (χ1v) is 25.8. The van der Waals surface area contributed by atoms with E-state index in [-0.39, 0.29) is 11.8 Å². The highest BCUT2D eigenvalue weighted by Gasteiger charge is 2.51. The first kappa shape index (κ1) is 47.1. The van der Waals surface area contributed by atoms with Crippen molar-refractivity contribution in [3.8, 4) is 22.3 Å². The molecule has 2 aliphatic heterocycles. The second-order valence-corrected chi connectivity index (χ2v) is 19.7. The largest absolute Gasteiger partial charge is 0.352 e. The summed E-state index contributed by atoms with van der Waals surface area (Å²) in [6.07, 6.45) is 17.0. The van der Waals surface area contributed by atoms with Gasteiger partial charge < -0.3 is 30.2 Å². The van der Waals surface area contributed by atoms with Crippen molar-refractivity contribution in [1.82, 2.24) is 39.9 Å². The maximum atomic E-state index is 14.9. The van der Waals surface area contributed by atoms with Gasteiger partial charge in [0, 0.05) is 88.5 Å². The number of fused-ring (bicyclic) bond motifs is 2. The number of amides is 2. The maximum absolute atomic E-state index is 14.9. The minimum atomic E-state index is -0.968. The van der Waals surface area contributed by atoms with Crippen molar-refractivity contribution in [3.05, 3.63) is 170 Å². The Bertz CT molecular complexity index is 3470. The molecule has 3 fully saturated rings. The summed E-state index contributed by atoms with van der Waals surface area (Å²) in [4.78, 5) is 75.7. The summed E-state index contributed by atoms with van der Waals surface area (Å²) < 4.78 is 0. The molecular formula is C59H56N14O2. The topological polar surface area (TPSA) is 174 Å². The summed E-state index contributed by atoms with van der Waals surface area (Å²) in [5, 5.41) is 6.50. The fourth-order valence-corrected chi connectivity index (χ4v) is 11.0. The van der Waals surface area contributed by atoms with E-state index >= 15 is 0 Å². The lowest BCUT2D eigenvalue weighted by Crippen LogP contribution is -2.47. The smallest absolute Gasteiger partial charge is 0.233 e. The fraction of sp³-hybridized carbons (Fsp3) is 0.254. The van der Waals surface area contributed by atoms with Gasteiger partial charge >= 0.3 is 0 Å². The first-order chi connectivity index (χ1) is 36.8. The highest BCUT2D eigenvalue weighted by atomic mass is 16.2. The van der Waals surface area contributed by atoms with Crippen LogP contribution in [0.5, 0.6) is 0 Å². The van der Waals surface area contributed by atoms with Crippen LogP contribution < -0.4 is 30.2 Å². The van der Waals surface area contributed by atoms with Gasteiger partial charge in [-0.2, -0.15) is 0 Å². The SMILES string of the molecule is Cc1ccc(C(C(=O)Nc2ccc(-c3ccc4ncc(N5CCN(c6cnccn6)CC5)nc4c3)cc2)C2(C(=O)Nc3ccc(-c4ccc5ncc(N6CCN(c7cnccn7)CC6)nc5c4)cc3)CCCC2)cc1. The van der Waals surface area contributed by atoms with Crippen molar-refractivity contribution in [3.63, 3.8) is 0 Å². The third kappa shape index (κ3) is 9.86. The van der Waals surface area contributed by atoms with Crippen molar-refractivity contribution in [2.75, 3.05) is 82.6 Å². The van der Waals surface area contributed by atoms with E-state index in [1.165, 1.54) is 0 Å². The Labute approximate surface area is 435 Å². The van der Waals surface area contributed by atoms with Gasteiger partial charge in [0.2, 0.25) is 11.8 Å². The summed E-state index contributed by atoms with van der Waals surface area (Å²) in [7, 11) is 0. The minimum Gasteiger partial charge on any atom is -0.352 e. The minimum absolute atomic E-state index is 0.151. The Balaban J connectivity index is 0.730. The van der Waals surface area contributed by atoms with Crippen molar-refractivity contribution < 1.29 is 9.59 Å². The number of rotatable bonds is 12. The summed E-state index contributed by atoms with van der Waals surface area (Å²) >= 11 is 0. The molecule has 1 unspecified atom stereocenters. The monoisotopic (exact) mass is 992 g/mol. The molecule has 16 heteroatoms. The van der Waals surface area contributed by atoms with Crippen molar-refractivity contribution >= 4 is 68.5 Å². The Morgan fingerprint density at radius 1 is 0.467 bits per heavy atom. The molecule has 0 bridgehead atoms. The van der Waals surface area contributed by atoms with E-state index in [1.807, 2.05) is 110 Å². The van der Waals surface area contributed by atoms with Gasteiger partial charge in [0.1, 0.15) is 23.3 Å². The number of hydrogen-bond acceptors (Lipinski definition) is 14. The molecular weight excluding hydrogens is 937 g/mol. The van der Waals surface area contributed by atoms with Gasteiger partial charge in [-0.1, -0.05) is 79.1 Å². The molecule has 12 rings (SSSR count). The van der Waals surface area contributed by atoms with Gasteiger partial charge in [-0.25, -0.2) is 19.9 Å². The molecule has 3 aliphatic rings. The Morgan fingerprint density at radius 2 is 0.907 bits per heavy atom. The number of nitrogens with one attached hydrogen (secondary N) is 2. The van der Waals surface area contributed by atoms with Crippen LogP contribution in [0.15, 0.2) is 159 Å². The van der Waals surface area contributed by atoms with Gasteiger partial charge in [-0.15, -0.1) is 0 Å². The van der Waals surface area contributed by atoms with Crippen LogP contribution in [0.25, 0.3) is 44.3 Å². The van der Waals surface area contributed by atoms with E-state index in [9.17, 15) is 9.59 Å². The van der Waals surface area contributed by atoms with Gasteiger partial charge in [-0.3, -0.25) is 29.5 Å². The fourth-order valence-electron chi connectivity index (χ4n) is 11.0. The Kier molecular flexibility index (Phi) is 12.9. The molecule has 75 heavy (non-hydrogen) atoms. The maximum Gasteiger partial charge on any atom is 0.233 e. The van der Waals surface area contributed by atoms with E-state index in [4.69, 9.17) is 19.9 Å². The molecule has 2 amide bonds. The predicted molar refractivity (Wildman–Crippen MR) is 295 cm³/mol.